The molecule has 0 aromatic heterocycles. The number of hydrogen-bond acceptors (Lipinski definition) is 6. The highest BCUT2D eigenvalue weighted by Gasteiger charge is 2.37. The van der Waals surface area contributed by atoms with Crippen molar-refractivity contribution in [1.82, 2.24) is 15.5 Å². The molecule has 2 atom stereocenters. The Morgan fingerprint density at radius 1 is 1.14 bits per heavy atom. The molecule has 9 heteroatoms. The number of benzene rings is 1. The minimum Gasteiger partial charge on any atom is -0.466 e. The highest BCUT2D eigenvalue weighted by Crippen LogP contribution is 2.25. The lowest BCUT2D eigenvalue weighted by molar-refractivity contribution is -0.144. The molecule has 37 heavy (non-hydrogen) atoms. The monoisotopic (exact) mass is 517 g/mol. The van der Waals surface area contributed by atoms with E-state index in [9.17, 15) is 19.2 Å². The van der Waals surface area contributed by atoms with Gasteiger partial charge in [0.15, 0.2) is 0 Å². The van der Waals surface area contributed by atoms with Gasteiger partial charge < -0.3 is 25.0 Å². The molecular formula is C28H43N3O6. The van der Waals surface area contributed by atoms with E-state index in [2.05, 4.69) is 17.2 Å². The number of nitrogens with one attached hydrogen (secondary N) is 2. The van der Waals surface area contributed by atoms with E-state index >= 15 is 0 Å². The van der Waals surface area contributed by atoms with E-state index in [1.54, 1.807) is 52.0 Å². The van der Waals surface area contributed by atoms with Gasteiger partial charge in [-0.3, -0.25) is 14.4 Å². The molecule has 1 aromatic rings. The van der Waals surface area contributed by atoms with Crippen LogP contribution in [-0.2, 0) is 23.9 Å². The number of ether oxygens (including phenoxy) is 2. The Labute approximate surface area is 221 Å². The third-order valence-electron chi connectivity index (χ3n) is 5.31. The summed E-state index contributed by atoms with van der Waals surface area (Å²) in [7, 11) is 0. The van der Waals surface area contributed by atoms with Gasteiger partial charge in [0.2, 0.25) is 11.8 Å². The standard InChI is InChI=1S/C28H43N3O6/c1-9-17-31(26(34)23(19(4)5)30-27(35)37-28(6,7)8)24(21-14-12-13-20(10-2)18-21)25(33)29-16-15-22(32)36-11-3/h10,12-14,18-19,23-24H,2,9,11,15-17H2,1,3-8H3,(H,29,33)(H,30,35). The Kier molecular flexibility index (Phi) is 12.9. The Hall–Kier alpha value is -3.36. The maximum atomic E-state index is 13.9. The van der Waals surface area contributed by atoms with E-state index in [-0.39, 0.29) is 32.0 Å². The van der Waals surface area contributed by atoms with Crippen LogP contribution in [0.25, 0.3) is 6.08 Å². The lowest BCUT2D eigenvalue weighted by atomic mass is 9.97. The summed E-state index contributed by atoms with van der Waals surface area (Å²) < 4.78 is 10.3. The topological polar surface area (TPSA) is 114 Å². The van der Waals surface area contributed by atoms with Gasteiger partial charge >= 0.3 is 12.1 Å². The van der Waals surface area contributed by atoms with Crippen LogP contribution in [-0.4, -0.2) is 60.1 Å². The molecule has 0 bridgehead atoms. The number of esters is 1. The molecule has 0 aliphatic heterocycles. The largest absolute Gasteiger partial charge is 0.466 e. The Morgan fingerprint density at radius 3 is 2.35 bits per heavy atom. The highest BCUT2D eigenvalue weighted by atomic mass is 16.6. The van der Waals surface area contributed by atoms with Crippen molar-refractivity contribution in [3.8, 4) is 0 Å². The molecule has 2 unspecified atom stereocenters. The fraction of sp³-hybridized carbons (Fsp3) is 0.571. The molecule has 0 aliphatic rings. The van der Waals surface area contributed by atoms with Gasteiger partial charge in [0.05, 0.1) is 13.0 Å². The molecular weight excluding hydrogens is 474 g/mol. The summed E-state index contributed by atoms with van der Waals surface area (Å²) in [4.78, 5) is 53.2. The minimum atomic E-state index is -0.990. The highest BCUT2D eigenvalue weighted by molar-refractivity contribution is 5.92. The normalized spacial score (nSPS) is 12.8. The molecule has 0 saturated heterocycles. The summed E-state index contributed by atoms with van der Waals surface area (Å²) in [5.74, 6) is -1.54. The second-order valence-electron chi connectivity index (χ2n) is 10.0. The molecule has 0 heterocycles. The average Bonchev–Trinajstić information content (AvgIpc) is 2.81. The van der Waals surface area contributed by atoms with Crippen LogP contribution in [0.1, 0.15) is 78.5 Å². The first kappa shape index (κ1) is 31.7. The van der Waals surface area contributed by atoms with Gasteiger partial charge in [-0.05, 0) is 57.2 Å². The van der Waals surface area contributed by atoms with Crippen LogP contribution in [0.5, 0.6) is 0 Å². The summed E-state index contributed by atoms with van der Waals surface area (Å²) in [6, 6.07) is 5.29. The third kappa shape index (κ3) is 10.7. The van der Waals surface area contributed by atoms with Gasteiger partial charge in [0.1, 0.15) is 17.7 Å². The van der Waals surface area contributed by atoms with Crippen LogP contribution in [0.4, 0.5) is 4.79 Å². The first-order chi connectivity index (χ1) is 17.3. The zero-order chi connectivity index (χ0) is 28.2. The Balaban J connectivity index is 3.37. The quantitative estimate of drug-likeness (QED) is 0.379. The first-order valence-corrected chi connectivity index (χ1v) is 12.8. The zero-order valence-electron chi connectivity index (χ0n) is 23.3. The number of nitrogens with zero attached hydrogens (tertiary/aromatic N) is 1. The van der Waals surface area contributed by atoms with E-state index in [0.717, 1.165) is 5.56 Å². The summed E-state index contributed by atoms with van der Waals surface area (Å²) in [5.41, 5.74) is 0.648. The van der Waals surface area contributed by atoms with Crippen LogP contribution in [0.15, 0.2) is 30.8 Å². The van der Waals surface area contributed by atoms with Crippen molar-refractivity contribution >= 4 is 30.0 Å². The molecule has 0 saturated carbocycles. The van der Waals surface area contributed by atoms with Crippen molar-refractivity contribution in [2.45, 2.75) is 79.0 Å². The maximum absolute atomic E-state index is 13.9. The van der Waals surface area contributed by atoms with Crippen molar-refractivity contribution in [3.63, 3.8) is 0 Å². The fourth-order valence-electron chi connectivity index (χ4n) is 3.68. The summed E-state index contributed by atoms with van der Waals surface area (Å²) in [6.45, 7) is 16.9. The van der Waals surface area contributed by atoms with Crippen molar-refractivity contribution in [3.05, 3.63) is 42.0 Å². The van der Waals surface area contributed by atoms with Gasteiger partial charge in [-0.25, -0.2) is 4.79 Å². The van der Waals surface area contributed by atoms with E-state index in [1.165, 1.54) is 4.90 Å². The molecule has 1 aromatic carbocycles. The van der Waals surface area contributed by atoms with Gasteiger partial charge in [0.25, 0.3) is 0 Å². The van der Waals surface area contributed by atoms with Crippen molar-refractivity contribution in [2.75, 3.05) is 19.7 Å². The van der Waals surface area contributed by atoms with Gasteiger partial charge in [-0.1, -0.05) is 51.6 Å². The summed E-state index contributed by atoms with van der Waals surface area (Å²) in [6.07, 6.45) is 1.54. The summed E-state index contributed by atoms with van der Waals surface area (Å²) in [5, 5.41) is 5.46. The van der Waals surface area contributed by atoms with Crippen molar-refractivity contribution < 1.29 is 28.7 Å². The predicted octanol–water partition coefficient (Wildman–Crippen LogP) is 4.23. The lowest BCUT2D eigenvalue weighted by Gasteiger charge is -2.35. The van der Waals surface area contributed by atoms with Crippen LogP contribution in [0, 0.1) is 5.92 Å². The molecule has 0 radical (unpaired) electrons. The Bertz CT molecular complexity index is 938. The smallest absolute Gasteiger partial charge is 0.408 e. The van der Waals surface area contributed by atoms with Gasteiger partial charge in [-0.15, -0.1) is 0 Å². The van der Waals surface area contributed by atoms with Crippen LogP contribution in [0.2, 0.25) is 0 Å². The van der Waals surface area contributed by atoms with Crippen LogP contribution < -0.4 is 10.6 Å². The number of carbonyl (C=O) groups is 4. The number of hydrogen-bond donors (Lipinski definition) is 2. The number of alkyl carbamates (subject to hydrolysis) is 1. The van der Waals surface area contributed by atoms with E-state index in [4.69, 9.17) is 9.47 Å². The molecule has 9 nitrogen and oxygen atoms in total. The predicted molar refractivity (Wildman–Crippen MR) is 144 cm³/mol. The molecule has 3 amide bonds. The number of amides is 3. The summed E-state index contributed by atoms with van der Waals surface area (Å²) >= 11 is 0. The SMILES string of the molecule is C=Cc1cccc(C(C(=O)NCCC(=O)OCC)N(CCC)C(=O)C(NC(=O)OC(C)(C)C)C(C)C)c1. The molecule has 0 spiro atoms. The van der Waals surface area contributed by atoms with E-state index in [0.29, 0.717) is 12.0 Å². The number of carbonyl (C=O) groups excluding carboxylic acids is 4. The number of rotatable bonds is 13. The van der Waals surface area contributed by atoms with E-state index in [1.807, 2.05) is 26.8 Å². The van der Waals surface area contributed by atoms with Crippen molar-refractivity contribution in [1.29, 1.82) is 0 Å². The fourth-order valence-corrected chi connectivity index (χ4v) is 3.68. The third-order valence-corrected chi connectivity index (χ3v) is 5.31. The van der Waals surface area contributed by atoms with Crippen LogP contribution in [0.3, 0.4) is 0 Å². The second kappa shape index (κ2) is 15.0. The maximum Gasteiger partial charge on any atom is 0.408 e. The Morgan fingerprint density at radius 2 is 1.81 bits per heavy atom. The average molecular weight is 518 g/mol. The van der Waals surface area contributed by atoms with Crippen LogP contribution >= 0.6 is 0 Å². The van der Waals surface area contributed by atoms with Gasteiger partial charge in [0, 0.05) is 13.1 Å². The molecule has 206 valence electrons. The molecule has 2 N–H and O–H groups in total. The first-order valence-electron chi connectivity index (χ1n) is 12.8. The van der Waals surface area contributed by atoms with Gasteiger partial charge in [-0.2, -0.15) is 0 Å². The minimum absolute atomic E-state index is 0.00946. The molecule has 0 fully saturated rings. The molecule has 1 rings (SSSR count). The van der Waals surface area contributed by atoms with E-state index < -0.39 is 41.6 Å². The zero-order valence-corrected chi connectivity index (χ0v) is 23.3. The lowest BCUT2D eigenvalue weighted by Crippen LogP contribution is -2.55. The molecule has 0 aliphatic carbocycles. The second-order valence-corrected chi connectivity index (χ2v) is 10.0. The van der Waals surface area contributed by atoms with Crippen molar-refractivity contribution in [2.24, 2.45) is 5.92 Å².